The quantitative estimate of drug-likeness (QED) is 0.703. The lowest BCUT2D eigenvalue weighted by Crippen LogP contribution is -2.29. The van der Waals surface area contributed by atoms with Crippen LogP contribution in [-0.2, 0) is 0 Å². The number of benzene rings is 1. The summed E-state index contributed by atoms with van der Waals surface area (Å²) in [6.07, 6.45) is 4.72. The highest BCUT2D eigenvalue weighted by molar-refractivity contribution is 5.94. The zero-order chi connectivity index (χ0) is 18.4. The van der Waals surface area contributed by atoms with Gasteiger partial charge in [-0.05, 0) is 37.5 Å². The molecule has 0 unspecified atom stereocenters. The molecule has 3 aromatic rings. The second kappa shape index (κ2) is 6.26. The van der Waals surface area contributed by atoms with E-state index in [1.807, 2.05) is 0 Å². The predicted octanol–water partition coefficient (Wildman–Crippen LogP) is 2.43. The van der Waals surface area contributed by atoms with Crippen molar-refractivity contribution in [3.05, 3.63) is 47.7 Å². The third kappa shape index (κ3) is 3.09. The van der Waals surface area contributed by atoms with Gasteiger partial charge in [-0.2, -0.15) is 4.98 Å². The Morgan fingerprint density at radius 1 is 1.26 bits per heavy atom. The number of halogens is 1. The van der Waals surface area contributed by atoms with Crippen molar-refractivity contribution in [1.82, 2.24) is 30.0 Å². The molecule has 0 spiro atoms. The van der Waals surface area contributed by atoms with Gasteiger partial charge in [-0.15, -0.1) is 5.10 Å². The molecule has 2 fully saturated rings. The van der Waals surface area contributed by atoms with Gasteiger partial charge < -0.3 is 9.42 Å². The van der Waals surface area contributed by atoms with E-state index in [2.05, 4.69) is 20.5 Å². The first-order valence-corrected chi connectivity index (χ1v) is 8.98. The van der Waals surface area contributed by atoms with Gasteiger partial charge in [-0.1, -0.05) is 16.4 Å². The van der Waals surface area contributed by atoms with E-state index in [4.69, 9.17) is 4.52 Å². The van der Waals surface area contributed by atoms with Crippen LogP contribution < -0.4 is 0 Å². The van der Waals surface area contributed by atoms with Crippen molar-refractivity contribution in [2.45, 2.75) is 31.2 Å². The van der Waals surface area contributed by atoms with Crippen LogP contribution in [0, 0.1) is 5.82 Å². The maximum atomic E-state index is 13.4. The molecule has 1 aliphatic heterocycles. The normalized spacial score (nSPS) is 19.6. The molecule has 2 aliphatic rings. The van der Waals surface area contributed by atoms with Gasteiger partial charge in [-0.3, -0.25) is 4.79 Å². The van der Waals surface area contributed by atoms with Crippen molar-refractivity contribution in [3.8, 4) is 11.6 Å². The summed E-state index contributed by atoms with van der Waals surface area (Å²) < 4.78 is 20.4. The molecule has 5 rings (SSSR count). The van der Waals surface area contributed by atoms with Crippen LogP contribution >= 0.6 is 0 Å². The molecule has 1 atom stereocenters. The molecule has 1 aliphatic carbocycles. The van der Waals surface area contributed by atoms with Crippen LogP contribution in [0.25, 0.3) is 11.6 Å². The standard InChI is InChI=1S/C18H17FN6O2/c19-13-3-1-2-12(8-13)18(26)24-7-6-14(9-24)25-10-15(21-23-25)17-20-16(22-27-17)11-4-5-11/h1-3,8,10-11,14H,4-7,9H2/t14-/m1/s1. The van der Waals surface area contributed by atoms with Gasteiger partial charge in [0, 0.05) is 24.6 Å². The van der Waals surface area contributed by atoms with Crippen molar-refractivity contribution in [3.63, 3.8) is 0 Å². The van der Waals surface area contributed by atoms with E-state index in [-0.39, 0.29) is 11.9 Å². The Balaban J connectivity index is 1.29. The van der Waals surface area contributed by atoms with Crippen molar-refractivity contribution < 1.29 is 13.7 Å². The minimum atomic E-state index is -0.414. The van der Waals surface area contributed by atoms with E-state index >= 15 is 0 Å². The molecule has 1 amide bonds. The number of aromatic nitrogens is 5. The average molecular weight is 368 g/mol. The fourth-order valence-electron chi connectivity index (χ4n) is 3.35. The number of carbonyl (C=O) groups excluding carboxylic acids is 1. The first-order valence-electron chi connectivity index (χ1n) is 8.98. The second-order valence-electron chi connectivity index (χ2n) is 7.02. The predicted molar refractivity (Wildman–Crippen MR) is 91.2 cm³/mol. The molecule has 1 saturated heterocycles. The molecule has 1 aromatic carbocycles. The third-order valence-electron chi connectivity index (χ3n) is 5.01. The summed E-state index contributed by atoms with van der Waals surface area (Å²) in [6.45, 7) is 1.08. The first kappa shape index (κ1) is 16.1. The highest BCUT2D eigenvalue weighted by Gasteiger charge is 2.31. The number of likely N-dealkylation sites (tertiary alicyclic amines) is 1. The average Bonchev–Trinajstić information content (AvgIpc) is 3.09. The van der Waals surface area contributed by atoms with Gasteiger partial charge in [0.15, 0.2) is 11.5 Å². The van der Waals surface area contributed by atoms with Crippen LogP contribution in [0.2, 0.25) is 0 Å². The fraction of sp³-hybridized carbons (Fsp3) is 0.389. The Bertz CT molecular complexity index is 995. The van der Waals surface area contributed by atoms with Crippen LogP contribution in [-0.4, -0.2) is 49.0 Å². The number of amides is 1. The second-order valence-corrected chi connectivity index (χ2v) is 7.02. The van der Waals surface area contributed by atoms with Crippen molar-refractivity contribution >= 4 is 5.91 Å². The van der Waals surface area contributed by atoms with E-state index in [1.54, 1.807) is 27.9 Å². The van der Waals surface area contributed by atoms with Gasteiger partial charge in [0.25, 0.3) is 11.8 Å². The Labute approximate surface area is 154 Å². The third-order valence-corrected chi connectivity index (χ3v) is 5.01. The number of rotatable bonds is 4. The number of hydrogen-bond acceptors (Lipinski definition) is 6. The molecule has 0 N–H and O–H groups in total. The minimum absolute atomic E-state index is 0.00887. The van der Waals surface area contributed by atoms with Crippen LogP contribution in [0.15, 0.2) is 35.0 Å². The Kier molecular flexibility index (Phi) is 3.73. The van der Waals surface area contributed by atoms with Crippen LogP contribution in [0.3, 0.4) is 0 Å². The lowest BCUT2D eigenvalue weighted by atomic mass is 10.2. The van der Waals surface area contributed by atoms with E-state index in [0.29, 0.717) is 36.2 Å². The summed E-state index contributed by atoms with van der Waals surface area (Å²) in [5.74, 6) is 0.918. The highest BCUT2D eigenvalue weighted by atomic mass is 19.1. The lowest BCUT2D eigenvalue weighted by Gasteiger charge is -2.16. The topological polar surface area (TPSA) is 89.9 Å². The van der Waals surface area contributed by atoms with Crippen molar-refractivity contribution in [2.75, 3.05) is 13.1 Å². The van der Waals surface area contributed by atoms with Gasteiger partial charge in [-0.25, -0.2) is 9.07 Å². The summed E-state index contributed by atoms with van der Waals surface area (Å²) in [6, 6.07) is 5.76. The monoisotopic (exact) mass is 368 g/mol. The molecule has 9 heteroatoms. The van der Waals surface area contributed by atoms with Gasteiger partial charge >= 0.3 is 0 Å². The maximum Gasteiger partial charge on any atom is 0.280 e. The van der Waals surface area contributed by atoms with Crippen LogP contribution in [0.4, 0.5) is 4.39 Å². The summed E-state index contributed by atoms with van der Waals surface area (Å²) >= 11 is 0. The zero-order valence-corrected chi connectivity index (χ0v) is 14.5. The number of nitrogens with zero attached hydrogens (tertiary/aromatic N) is 6. The smallest absolute Gasteiger partial charge is 0.280 e. The summed E-state index contributed by atoms with van der Waals surface area (Å²) in [5.41, 5.74) is 0.887. The highest BCUT2D eigenvalue weighted by Crippen LogP contribution is 2.38. The number of carbonyl (C=O) groups is 1. The molecular formula is C18H17FN6O2. The molecule has 0 bridgehead atoms. The Morgan fingerprint density at radius 2 is 2.15 bits per heavy atom. The Morgan fingerprint density at radius 3 is 2.96 bits per heavy atom. The largest absolute Gasteiger partial charge is 0.336 e. The van der Waals surface area contributed by atoms with Crippen LogP contribution in [0.5, 0.6) is 0 Å². The summed E-state index contributed by atoms with van der Waals surface area (Å²) in [4.78, 5) is 18.6. The first-order chi connectivity index (χ1) is 13.2. The molecular weight excluding hydrogens is 351 g/mol. The van der Waals surface area contributed by atoms with E-state index < -0.39 is 5.82 Å². The number of hydrogen-bond donors (Lipinski definition) is 0. The summed E-state index contributed by atoms with van der Waals surface area (Å²) in [5, 5.41) is 12.3. The van der Waals surface area contributed by atoms with Crippen LogP contribution in [0.1, 0.15) is 47.4 Å². The zero-order valence-electron chi connectivity index (χ0n) is 14.5. The molecule has 138 valence electrons. The van der Waals surface area contributed by atoms with Gasteiger partial charge in [0.1, 0.15) is 5.82 Å². The van der Waals surface area contributed by atoms with E-state index in [9.17, 15) is 9.18 Å². The molecule has 27 heavy (non-hydrogen) atoms. The lowest BCUT2D eigenvalue weighted by molar-refractivity contribution is 0.0786. The van der Waals surface area contributed by atoms with Gasteiger partial charge in [0.05, 0.1) is 12.2 Å². The maximum absolute atomic E-state index is 13.4. The molecule has 8 nitrogen and oxygen atoms in total. The summed E-state index contributed by atoms with van der Waals surface area (Å²) in [7, 11) is 0. The van der Waals surface area contributed by atoms with Crippen molar-refractivity contribution in [2.24, 2.45) is 0 Å². The minimum Gasteiger partial charge on any atom is -0.336 e. The molecule has 3 heterocycles. The fourth-order valence-corrected chi connectivity index (χ4v) is 3.35. The molecule has 0 radical (unpaired) electrons. The van der Waals surface area contributed by atoms with Crippen molar-refractivity contribution in [1.29, 1.82) is 0 Å². The van der Waals surface area contributed by atoms with E-state index in [0.717, 1.165) is 25.1 Å². The molecule has 1 saturated carbocycles. The SMILES string of the molecule is O=C(c1cccc(F)c1)N1CC[C@@H](n2cc(-c3nc(C4CC4)no3)nn2)C1. The van der Waals surface area contributed by atoms with Gasteiger partial charge in [0.2, 0.25) is 0 Å². The Hall–Kier alpha value is -3.10. The van der Waals surface area contributed by atoms with E-state index in [1.165, 1.54) is 12.1 Å². The molecule has 2 aromatic heterocycles.